The van der Waals surface area contributed by atoms with Gasteiger partial charge in [-0.15, -0.1) is 0 Å². The Balaban J connectivity index is 2.15. The van der Waals surface area contributed by atoms with Crippen molar-refractivity contribution in [3.63, 3.8) is 0 Å². The van der Waals surface area contributed by atoms with Crippen LogP contribution in [-0.2, 0) is 4.79 Å². The monoisotopic (exact) mass is 139 g/mol. The number of hydrogen-bond donors (Lipinski definition) is 0. The van der Waals surface area contributed by atoms with E-state index < -0.39 is 0 Å². The molecule has 0 aliphatic carbocycles. The van der Waals surface area contributed by atoms with E-state index in [1.54, 1.807) is 0 Å². The van der Waals surface area contributed by atoms with Gasteiger partial charge in [-0.3, -0.25) is 0 Å². The van der Waals surface area contributed by atoms with Gasteiger partial charge in [-0.05, 0) is 38.9 Å². The Kier molecular flexibility index (Phi) is 1.31. The van der Waals surface area contributed by atoms with Gasteiger partial charge in [-0.1, -0.05) is 0 Å². The van der Waals surface area contributed by atoms with E-state index in [1.807, 2.05) is 0 Å². The fourth-order valence-corrected chi connectivity index (χ4v) is 2.03. The van der Waals surface area contributed by atoms with Crippen LogP contribution in [-0.4, -0.2) is 30.8 Å². The van der Waals surface area contributed by atoms with E-state index in [0.29, 0.717) is 0 Å². The molecular weight excluding hydrogens is 126 g/mol. The van der Waals surface area contributed by atoms with Gasteiger partial charge in [0.15, 0.2) is 0 Å². The zero-order chi connectivity index (χ0) is 7.03. The molecule has 0 spiro atoms. The highest BCUT2D eigenvalue weighted by Gasteiger charge is 2.38. The Labute approximate surface area is 61.2 Å². The van der Waals surface area contributed by atoms with Gasteiger partial charge >= 0.3 is 0 Å². The number of hydrogen-bond acceptors (Lipinski definition) is 2. The maximum absolute atomic E-state index is 10.7. The zero-order valence-electron chi connectivity index (χ0n) is 6.18. The van der Waals surface area contributed by atoms with E-state index in [0.717, 1.165) is 38.9 Å². The molecule has 0 radical (unpaired) electrons. The van der Waals surface area contributed by atoms with Crippen molar-refractivity contribution in [2.45, 2.75) is 19.3 Å². The minimum atomic E-state index is 0.106. The van der Waals surface area contributed by atoms with Crippen molar-refractivity contribution < 1.29 is 4.79 Å². The Morgan fingerprint density at radius 2 is 1.60 bits per heavy atom. The average molecular weight is 139 g/mol. The molecule has 2 nitrogen and oxygen atoms in total. The lowest BCUT2D eigenvalue weighted by molar-refractivity contribution is -0.122. The molecule has 0 N–H and O–H groups in total. The summed E-state index contributed by atoms with van der Waals surface area (Å²) in [7, 11) is 0. The quantitative estimate of drug-likeness (QED) is 0.498. The predicted octanol–water partition coefficient (Wildman–Crippen LogP) is 0.671. The summed E-state index contributed by atoms with van der Waals surface area (Å²) in [6.07, 6.45) is 4.52. The van der Waals surface area contributed by atoms with Crippen LogP contribution in [0.3, 0.4) is 0 Å². The van der Waals surface area contributed by atoms with Gasteiger partial charge in [-0.2, -0.15) is 0 Å². The van der Waals surface area contributed by atoms with Crippen LogP contribution in [0.4, 0.5) is 0 Å². The van der Waals surface area contributed by atoms with Crippen LogP contribution >= 0.6 is 0 Å². The third kappa shape index (κ3) is 0.788. The van der Waals surface area contributed by atoms with Gasteiger partial charge in [-0.25, -0.2) is 0 Å². The van der Waals surface area contributed by atoms with Crippen molar-refractivity contribution in [2.75, 3.05) is 19.6 Å². The Hall–Kier alpha value is -0.370. The molecular formula is C8H13NO. The average Bonchev–Trinajstić information content (AvgIpc) is 2.08. The Bertz CT molecular complexity index is 134. The maximum atomic E-state index is 10.7. The van der Waals surface area contributed by atoms with Crippen molar-refractivity contribution in [2.24, 2.45) is 5.41 Å². The lowest BCUT2D eigenvalue weighted by Gasteiger charge is -2.45. The molecule has 2 heteroatoms. The maximum Gasteiger partial charge on any atom is 0.126 e. The topological polar surface area (TPSA) is 20.3 Å². The molecule has 0 saturated carbocycles. The minimum Gasteiger partial charge on any atom is -0.303 e. The second-order valence-electron chi connectivity index (χ2n) is 3.57. The summed E-state index contributed by atoms with van der Waals surface area (Å²) in [6, 6.07) is 0. The van der Waals surface area contributed by atoms with Gasteiger partial charge in [0, 0.05) is 5.41 Å². The van der Waals surface area contributed by atoms with Gasteiger partial charge in [0.2, 0.25) is 0 Å². The fraction of sp³-hybridized carbons (Fsp3) is 0.875. The molecule has 56 valence electrons. The molecule has 3 rings (SSSR count). The van der Waals surface area contributed by atoms with Crippen LogP contribution in [0, 0.1) is 5.41 Å². The summed E-state index contributed by atoms with van der Waals surface area (Å²) in [5.74, 6) is 0. The second-order valence-corrected chi connectivity index (χ2v) is 3.57. The largest absolute Gasteiger partial charge is 0.303 e. The third-order valence-corrected chi connectivity index (χ3v) is 3.03. The Morgan fingerprint density at radius 3 is 1.90 bits per heavy atom. The van der Waals surface area contributed by atoms with Crippen molar-refractivity contribution in [3.8, 4) is 0 Å². The first-order chi connectivity index (χ1) is 4.85. The predicted molar refractivity (Wildman–Crippen MR) is 38.8 cm³/mol. The number of piperidine rings is 3. The lowest BCUT2D eigenvalue weighted by Crippen LogP contribution is -2.48. The first-order valence-electron chi connectivity index (χ1n) is 4.03. The van der Waals surface area contributed by atoms with Crippen LogP contribution < -0.4 is 0 Å². The SMILES string of the molecule is O=CC12CCN(CC1)CC2. The molecule has 10 heavy (non-hydrogen) atoms. The highest BCUT2D eigenvalue weighted by molar-refractivity contribution is 5.60. The normalized spacial score (nSPS) is 45.4. The number of carbonyl (C=O) groups excluding carboxylic acids is 1. The Morgan fingerprint density at radius 1 is 1.10 bits per heavy atom. The van der Waals surface area contributed by atoms with E-state index in [9.17, 15) is 4.79 Å². The van der Waals surface area contributed by atoms with Gasteiger partial charge in [0.05, 0.1) is 0 Å². The molecule has 0 aromatic carbocycles. The van der Waals surface area contributed by atoms with E-state index in [2.05, 4.69) is 4.90 Å². The molecule has 3 heterocycles. The van der Waals surface area contributed by atoms with Gasteiger partial charge < -0.3 is 9.69 Å². The van der Waals surface area contributed by atoms with Crippen molar-refractivity contribution in [1.29, 1.82) is 0 Å². The summed E-state index contributed by atoms with van der Waals surface area (Å²) in [5, 5.41) is 0. The molecule has 3 saturated heterocycles. The summed E-state index contributed by atoms with van der Waals surface area (Å²) in [6.45, 7) is 3.45. The summed E-state index contributed by atoms with van der Waals surface area (Å²) >= 11 is 0. The van der Waals surface area contributed by atoms with Crippen molar-refractivity contribution in [3.05, 3.63) is 0 Å². The number of aldehydes is 1. The van der Waals surface area contributed by atoms with Gasteiger partial charge in [0.1, 0.15) is 6.29 Å². The van der Waals surface area contributed by atoms with E-state index in [1.165, 1.54) is 6.29 Å². The van der Waals surface area contributed by atoms with Crippen molar-refractivity contribution >= 4 is 6.29 Å². The molecule has 3 fully saturated rings. The molecule has 2 bridgehead atoms. The number of fused-ring (bicyclic) bond motifs is 3. The van der Waals surface area contributed by atoms with Crippen LogP contribution in [0.25, 0.3) is 0 Å². The standard InChI is InChI=1S/C8H13NO/c10-7-8-1-4-9(5-2-8)6-3-8/h7H,1-6H2. The van der Waals surface area contributed by atoms with Crippen LogP contribution in [0.15, 0.2) is 0 Å². The molecule has 0 atom stereocenters. The summed E-state index contributed by atoms with van der Waals surface area (Å²) < 4.78 is 0. The van der Waals surface area contributed by atoms with Crippen molar-refractivity contribution in [1.82, 2.24) is 4.90 Å². The molecule has 3 aliphatic heterocycles. The molecule has 0 aromatic heterocycles. The highest BCUT2D eigenvalue weighted by Crippen LogP contribution is 2.37. The first-order valence-corrected chi connectivity index (χ1v) is 4.03. The lowest BCUT2D eigenvalue weighted by atomic mass is 9.73. The van der Waals surface area contributed by atoms with Crippen LogP contribution in [0.5, 0.6) is 0 Å². The summed E-state index contributed by atoms with van der Waals surface area (Å²) in [4.78, 5) is 13.2. The smallest absolute Gasteiger partial charge is 0.126 e. The van der Waals surface area contributed by atoms with E-state index >= 15 is 0 Å². The molecule has 0 amide bonds. The highest BCUT2D eigenvalue weighted by atomic mass is 16.1. The first kappa shape index (κ1) is 6.35. The minimum absolute atomic E-state index is 0.106. The molecule has 3 aliphatic rings. The summed E-state index contributed by atoms with van der Waals surface area (Å²) in [5.41, 5.74) is 0.106. The number of nitrogens with zero attached hydrogens (tertiary/aromatic N) is 1. The fourth-order valence-electron chi connectivity index (χ4n) is 2.03. The van der Waals surface area contributed by atoms with Crippen LogP contribution in [0.1, 0.15) is 19.3 Å². The van der Waals surface area contributed by atoms with E-state index in [4.69, 9.17) is 0 Å². The van der Waals surface area contributed by atoms with E-state index in [-0.39, 0.29) is 5.41 Å². The number of carbonyl (C=O) groups is 1. The third-order valence-electron chi connectivity index (χ3n) is 3.03. The number of rotatable bonds is 1. The molecule has 0 aromatic rings. The van der Waals surface area contributed by atoms with Crippen LogP contribution in [0.2, 0.25) is 0 Å². The second kappa shape index (κ2) is 2.06. The molecule has 0 unspecified atom stereocenters. The zero-order valence-corrected chi connectivity index (χ0v) is 6.18. The van der Waals surface area contributed by atoms with Gasteiger partial charge in [0.25, 0.3) is 0 Å².